The number of ether oxygens (including phenoxy) is 2. The van der Waals surface area contributed by atoms with Crippen LogP contribution >= 0.6 is 15.9 Å². The molecule has 1 saturated carbocycles. The lowest BCUT2D eigenvalue weighted by Gasteiger charge is -2.40. The van der Waals surface area contributed by atoms with E-state index in [9.17, 15) is 4.79 Å². The monoisotopic (exact) mass is 389 g/mol. The minimum Gasteiger partial charge on any atom is -0.444 e. The average molecular weight is 390 g/mol. The predicted octanol–water partition coefficient (Wildman–Crippen LogP) is 4.60. The molecule has 0 aromatic heterocycles. The molecule has 1 aliphatic carbocycles. The molecule has 4 unspecified atom stereocenters. The van der Waals surface area contributed by atoms with E-state index in [0.29, 0.717) is 24.4 Å². The summed E-state index contributed by atoms with van der Waals surface area (Å²) in [5.74, 6) is 0.695. The zero-order chi connectivity index (χ0) is 17.4. The first-order chi connectivity index (χ1) is 10.5. The highest BCUT2D eigenvalue weighted by molar-refractivity contribution is 9.09. The summed E-state index contributed by atoms with van der Waals surface area (Å²) in [7, 11) is 0. The molecule has 1 amide bonds. The van der Waals surface area contributed by atoms with Gasteiger partial charge in [0.25, 0.3) is 0 Å². The van der Waals surface area contributed by atoms with Crippen LogP contribution in [0.1, 0.15) is 60.8 Å². The van der Waals surface area contributed by atoms with Gasteiger partial charge in [-0.25, -0.2) is 4.79 Å². The summed E-state index contributed by atoms with van der Waals surface area (Å²) in [6.45, 7) is 13.9. The Morgan fingerprint density at radius 2 is 1.87 bits per heavy atom. The zero-order valence-electron chi connectivity index (χ0n) is 15.4. The van der Waals surface area contributed by atoms with Crippen molar-refractivity contribution in [2.75, 3.05) is 13.1 Å². The van der Waals surface area contributed by atoms with Crippen LogP contribution in [-0.4, -0.2) is 46.7 Å². The lowest BCUT2D eigenvalue weighted by Crippen LogP contribution is -2.38. The molecule has 1 heterocycles. The van der Waals surface area contributed by atoms with Crippen molar-refractivity contribution in [3.8, 4) is 0 Å². The number of nitrogens with zero attached hydrogens (tertiary/aromatic N) is 1. The van der Waals surface area contributed by atoms with Crippen molar-refractivity contribution >= 4 is 22.0 Å². The minimum absolute atomic E-state index is 0.0496. The van der Waals surface area contributed by atoms with E-state index in [1.54, 1.807) is 4.90 Å². The van der Waals surface area contributed by atoms with Crippen LogP contribution in [0, 0.1) is 11.3 Å². The third-order valence-corrected chi connectivity index (χ3v) is 5.44. The van der Waals surface area contributed by atoms with Crippen LogP contribution in [0.15, 0.2) is 0 Å². The van der Waals surface area contributed by atoms with Gasteiger partial charge in [0.05, 0.1) is 23.6 Å². The molecule has 0 N–H and O–H groups in total. The van der Waals surface area contributed by atoms with Gasteiger partial charge in [0.15, 0.2) is 0 Å². The van der Waals surface area contributed by atoms with Gasteiger partial charge in [-0.05, 0) is 51.4 Å². The van der Waals surface area contributed by atoms with Crippen molar-refractivity contribution in [1.29, 1.82) is 0 Å². The van der Waals surface area contributed by atoms with E-state index in [0.717, 1.165) is 12.8 Å². The number of carbonyl (C=O) groups excluding carboxylic acids is 1. The number of rotatable bonds is 2. The van der Waals surface area contributed by atoms with Gasteiger partial charge in [-0.3, -0.25) is 0 Å². The summed E-state index contributed by atoms with van der Waals surface area (Å²) in [4.78, 5) is 14.2. The highest BCUT2D eigenvalue weighted by Crippen LogP contribution is 2.40. The van der Waals surface area contributed by atoms with Gasteiger partial charge in [0, 0.05) is 6.54 Å². The maximum atomic E-state index is 12.2. The Morgan fingerprint density at radius 1 is 1.22 bits per heavy atom. The molecule has 2 rings (SSSR count). The fourth-order valence-electron chi connectivity index (χ4n) is 3.95. The Morgan fingerprint density at radius 3 is 2.43 bits per heavy atom. The molecule has 4 nitrogen and oxygen atoms in total. The summed E-state index contributed by atoms with van der Waals surface area (Å²) >= 11 is 3.69. The smallest absolute Gasteiger partial charge is 0.410 e. The zero-order valence-corrected chi connectivity index (χ0v) is 17.0. The Kier molecular flexibility index (Phi) is 5.72. The third kappa shape index (κ3) is 5.63. The Labute approximate surface area is 149 Å². The number of halogens is 1. The minimum atomic E-state index is -0.458. The first-order valence-electron chi connectivity index (χ1n) is 8.73. The molecule has 1 aliphatic heterocycles. The molecule has 4 atom stereocenters. The van der Waals surface area contributed by atoms with Gasteiger partial charge in [-0.2, -0.15) is 0 Å². The van der Waals surface area contributed by atoms with Gasteiger partial charge in [-0.1, -0.05) is 36.7 Å². The van der Waals surface area contributed by atoms with E-state index in [2.05, 4.69) is 36.7 Å². The molecule has 5 heteroatoms. The molecule has 1 saturated heterocycles. The second-order valence-electron chi connectivity index (χ2n) is 9.11. The molecule has 2 aliphatic rings. The standard InChI is InChI=1S/C18H32BrNO3/c1-12-7-13(9-18(5,6)8-12)22-15-11-20(10-14(15)19)16(21)23-17(2,3)4/h12-15H,7-11H2,1-6H3. The Bertz CT molecular complexity index is 432. The molecule has 2 fully saturated rings. The topological polar surface area (TPSA) is 38.8 Å². The summed E-state index contributed by atoms with van der Waals surface area (Å²) in [5, 5.41) is 0. The van der Waals surface area contributed by atoms with E-state index >= 15 is 0 Å². The summed E-state index contributed by atoms with van der Waals surface area (Å²) in [6.07, 6.45) is 3.57. The molecule has 0 spiro atoms. The fourth-order valence-corrected chi connectivity index (χ4v) is 4.59. The van der Waals surface area contributed by atoms with Crippen LogP contribution in [0.5, 0.6) is 0 Å². The van der Waals surface area contributed by atoms with E-state index in [1.165, 1.54) is 6.42 Å². The van der Waals surface area contributed by atoms with E-state index < -0.39 is 5.60 Å². The van der Waals surface area contributed by atoms with Crippen molar-refractivity contribution in [1.82, 2.24) is 4.90 Å². The van der Waals surface area contributed by atoms with Crippen molar-refractivity contribution < 1.29 is 14.3 Å². The van der Waals surface area contributed by atoms with Crippen LogP contribution < -0.4 is 0 Å². The molecule has 0 bridgehead atoms. The number of hydrogen-bond donors (Lipinski definition) is 0. The molecule has 0 aromatic rings. The fraction of sp³-hybridized carbons (Fsp3) is 0.944. The molecule has 23 heavy (non-hydrogen) atoms. The quantitative estimate of drug-likeness (QED) is 0.647. The van der Waals surface area contributed by atoms with E-state index in [-0.39, 0.29) is 23.1 Å². The maximum absolute atomic E-state index is 12.2. The first-order valence-corrected chi connectivity index (χ1v) is 9.64. The predicted molar refractivity (Wildman–Crippen MR) is 96.0 cm³/mol. The number of hydrogen-bond acceptors (Lipinski definition) is 3. The van der Waals surface area contributed by atoms with Gasteiger partial charge in [-0.15, -0.1) is 0 Å². The van der Waals surface area contributed by atoms with Crippen LogP contribution in [0.2, 0.25) is 0 Å². The van der Waals surface area contributed by atoms with Gasteiger partial charge < -0.3 is 14.4 Å². The van der Waals surface area contributed by atoms with Crippen LogP contribution in [0.3, 0.4) is 0 Å². The third-order valence-electron chi connectivity index (χ3n) is 4.56. The van der Waals surface area contributed by atoms with Crippen molar-refractivity contribution in [2.24, 2.45) is 11.3 Å². The highest BCUT2D eigenvalue weighted by Gasteiger charge is 2.40. The lowest BCUT2D eigenvalue weighted by molar-refractivity contribution is -0.0594. The van der Waals surface area contributed by atoms with Crippen LogP contribution in [0.25, 0.3) is 0 Å². The Hall–Kier alpha value is -0.290. The van der Waals surface area contributed by atoms with Gasteiger partial charge in [0.1, 0.15) is 5.60 Å². The van der Waals surface area contributed by atoms with Gasteiger partial charge in [0.2, 0.25) is 0 Å². The molecular weight excluding hydrogens is 358 g/mol. The number of likely N-dealkylation sites (tertiary alicyclic amines) is 1. The van der Waals surface area contributed by atoms with Crippen molar-refractivity contribution in [3.63, 3.8) is 0 Å². The van der Waals surface area contributed by atoms with E-state index in [1.807, 2.05) is 20.8 Å². The van der Waals surface area contributed by atoms with Crippen LogP contribution in [0.4, 0.5) is 4.79 Å². The number of carbonyl (C=O) groups is 1. The SMILES string of the molecule is CC1CC(OC2CN(C(=O)OC(C)(C)C)CC2Br)CC(C)(C)C1. The molecule has 134 valence electrons. The summed E-state index contributed by atoms with van der Waals surface area (Å²) in [5.41, 5.74) is -0.117. The number of amides is 1. The Balaban J connectivity index is 1.90. The molecular formula is C18H32BrNO3. The van der Waals surface area contributed by atoms with Crippen molar-refractivity contribution in [2.45, 2.75) is 83.4 Å². The second-order valence-corrected chi connectivity index (χ2v) is 10.3. The van der Waals surface area contributed by atoms with Crippen molar-refractivity contribution in [3.05, 3.63) is 0 Å². The average Bonchev–Trinajstić information content (AvgIpc) is 2.66. The van der Waals surface area contributed by atoms with E-state index in [4.69, 9.17) is 9.47 Å². The highest BCUT2D eigenvalue weighted by atomic mass is 79.9. The lowest BCUT2D eigenvalue weighted by atomic mass is 9.71. The molecule has 0 radical (unpaired) electrons. The molecule has 0 aromatic carbocycles. The number of alkyl halides is 1. The van der Waals surface area contributed by atoms with Gasteiger partial charge >= 0.3 is 6.09 Å². The maximum Gasteiger partial charge on any atom is 0.410 e. The summed E-state index contributed by atoms with van der Waals surface area (Å²) in [6, 6.07) is 0. The largest absolute Gasteiger partial charge is 0.444 e. The summed E-state index contributed by atoms with van der Waals surface area (Å²) < 4.78 is 11.9. The normalized spacial score (nSPS) is 34.5. The second kappa shape index (κ2) is 6.91. The van der Waals surface area contributed by atoms with Crippen LogP contribution in [-0.2, 0) is 9.47 Å². The first kappa shape index (κ1) is 19.0.